The number of rotatable bonds is 6. The molecule has 0 heterocycles. The van der Waals surface area contributed by atoms with Crippen molar-refractivity contribution in [3.8, 4) is 0 Å². The second-order valence-electron chi connectivity index (χ2n) is 6.53. The summed E-state index contributed by atoms with van der Waals surface area (Å²) in [7, 11) is 0. The van der Waals surface area contributed by atoms with Crippen molar-refractivity contribution in [2.45, 2.75) is 69.4 Å². The molecule has 2 saturated carbocycles. The van der Waals surface area contributed by atoms with Crippen molar-refractivity contribution in [2.75, 3.05) is 6.54 Å². The number of hydrogen-bond acceptors (Lipinski definition) is 3. The summed E-state index contributed by atoms with van der Waals surface area (Å²) < 4.78 is 0. The molecule has 0 spiro atoms. The number of carbonyl (C=O) groups excluding carboxylic acids is 1. The Labute approximate surface area is 125 Å². The van der Waals surface area contributed by atoms with E-state index in [2.05, 4.69) is 11.4 Å². The lowest BCUT2D eigenvalue weighted by molar-refractivity contribution is -0.149. The first-order valence-electron chi connectivity index (χ1n) is 8.12. The van der Waals surface area contributed by atoms with Crippen LogP contribution in [0, 0.1) is 0 Å². The van der Waals surface area contributed by atoms with Gasteiger partial charge < -0.3 is 10.0 Å². The lowest BCUT2D eigenvalue weighted by Gasteiger charge is -2.39. The SMILES string of the molecule is O=C(CNC1(C(=O)O)CCC1)N(C1=CCCCC1)C1CC1. The second kappa shape index (κ2) is 5.79. The van der Waals surface area contributed by atoms with Crippen molar-refractivity contribution in [2.24, 2.45) is 0 Å². The summed E-state index contributed by atoms with van der Waals surface area (Å²) in [5, 5.41) is 12.3. The van der Waals surface area contributed by atoms with Gasteiger partial charge in [-0.25, -0.2) is 0 Å². The molecule has 1 amide bonds. The predicted molar refractivity (Wildman–Crippen MR) is 78.6 cm³/mol. The van der Waals surface area contributed by atoms with Crippen LogP contribution in [-0.2, 0) is 9.59 Å². The van der Waals surface area contributed by atoms with Crippen LogP contribution in [0.2, 0.25) is 0 Å². The van der Waals surface area contributed by atoms with Gasteiger partial charge in [-0.05, 0) is 57.8 Å². The predicted octanol–water partition coefficient (Wildman–Crippen LogP) is 2.03. The number of nitrogens with zero attached hydrogens (tertiary/aromatic N) is 1. The summed E-state index contributed by atoms with van der Waals surface area (Å²) in [6.07, 6.45) is 10.9. The van der Waals surface area contributed by atoms with Crippen molar-refractivity contribution < 1.29 is 14.7 Å². The van der Waals surface area contributed by atoms with E-state index in [1.54, 1.807) is 0 Å². The van der Waals surface area contributed by atoms with Gasteiger partial charge in [0.05, 0.1) is 6.54 Å². The smallest absolute Gasteiger partial charge is 0.323 e. The molecule has 3 aliphatic carbocycles. The summed E-state index contributed by atoms with van der Waals surface area (Å²) in [4.78, 5) is 25.8. The third-order valence-electron chi connectivity index (χ3n) is 4.95. The first-order valence-corrected chi connectivity index (χ1v) is 8.12. The lowest BCUT2D eigenvalue weighted by atomic mass is 9.77. The van der Waals surface area contributed by atoms with E-state index in [1.807, 2.05) is 4.90 Å². The van der Waals surface area contributed by atoms with Crippen molar-refractivity contribution in [1.29, 1.82) is 0 Å². The monoisotopic (exact) mass is 292 g/mol. The first-order chi connectivity index (χ1) is 10.1. The molecule has 3 aliphatic rings. The van der Waals surface area contributed by atoms with Crippen LogP contribution >= 0.6 is 0 Å². The van der Waals surface area contributed by atoms with Crippen molar-refractivity contribution in [3.05, 3.63) is 11.8 Å². The third kappa shape index (κ3) is 2.98. The van der Waals surface area contributed by atoms with E-state index < -0.39 is 11.5 Å². The number of aliphatic carboxylic acids is 1. The molecule has 0 unspecified atom stereocenters. The van der Waals surface area contributed by atoms with Crippen molar-refractivity contribution in [3.63, 3.8) is 0 Å². The average molecular weight is 292 g/mol. The van der Waals surface area contributed by atoms with E-state index in [0.29, 0.717) is 18.9 Å². The van der Waals surface area contributed by atoms with Crippen LogP contribution < -0.4 is 5.32 Å². The molecule has 0 aliphatic heterocycles. The molecule has 21 heavy (non-hydrogen) atoms. The number of hydrogen-bond donors (Lipinski definition) is 2. The molecule has 0 atom stereocenters. The number of carboxylic acid groups (broad SMARTS) is 1. The molecule has 0 aromatic carbocycles. The van der Waals surface area contributed by atoms with Crippen LogP contribution in [-0.4, -0.2) is 40.0 Å². The van der Waals surface area contributed by atoms with Crippen molar-refractivity contribution in [1.82, 2.24) is 10.2 Å². The molecule has 0 aromatic rings. The highest BCUT2D eigenvalue weighted by Gasteiger charge is 2.45. The molecular formula is C16H24N2O3. The van der Waals surface area contributed by atoms with E-state index in [9.17, 15) is 14.7 Å². The maximum absolute atomic E-state index is 12.6. The van der Waals surface area contributed by atoms with E-state index in [0.717, 1.165) is 44.2 Å². The fraction of sp³-hybridized carbons (Fsp3) is 0.750. The highest BCUT2D eigenvalue weighted by atomic mass is 16.4. The van der Waals surface area contributed by atoms with Crippen LogP contribution in [0.5, 0.6) is 0 Å². The highest BCUT2D eigenvalue weighted by molar-refractivity contribution is 5.84. The lowest BCUT2D eigenvalue weighted by Crippen LogP contribution is -2.59. The maximum atomic E-state index is 12.6. The molecule has 5 heteroatoms. The minimum Gasteiger partial charge on any atom is -0.480 e. The zero-order valence-electron chi connectivity index (χ0n) is 12.4. The molecule has 0 radical (unpaired) electrons. The Morgan fingerprint density at radius 1 is 1.29 bits per heavy atom. The minimum atomic E-state index is -0.855. The average Bonchev–Trinajstić information content (AvgIpc) is 3.23. The Bertz CT molecular complexity index is 464. The largest absolute Gasteiger partial charge is 0.480 e. The number of nitrogens with one attached hydrogen (secondary N) is 1. The van der Waals surface area contributed by atoms with Gasteiger partial charge in [0.1, 0.15) is 5.54 Å². The van der Waals surface area contributed by atoms with E-state index in [4.69, 9.17) is 0 Å². The standard InChI is InChI=1S/C16H24N2O3/c19-14(11-17-16(15(20)21)9-4-10-16)18(13-7-8-13)12-5-2-1-3-6-12/h5,13,17H,1-4,6-11H2,(H,20,21). The summed E-state index contributed by atoms with van der Waals surface area (Å²) in [5.74, 6) is -0.783. The fourth-order valence-corrected chi connectivity index (χ4v) is 3.30. The molecule has 0 saturated heterocycles. The van der Waals surface area contributed by atoms with Crippen LogP contribution in [0.1, 0.15) is 57.8 Å². The molecule has 2 N–H and O–H groups in total. The molecule has 3 rings (SSSR count). The van der Waals surface area contributed by atoms with E-state index in [1.165, 1.54) is 6.42 Å². The van der Waals surface area contributed by atoms with Gasteiger partial charge in [0, 0.05) is 11.7 Å². The molecular weight excluding hydrogens is 268 g/mol. The van der Waals surface area contributed by atoms with Crippen LogP contribution in [0.3, 0.4) is 0 Å². The number of carboxylic acids is 1. The summed E-state index contributed by atoms with van der Waals surface area (Å²) in [5.41, 5.74) is 0.305. The first kappa shape index (κ1) is 14.6. The summed E-state index contributed by atoms with van der Waals surface area (Å²) in [6, 6.07) is 0.353. The topological polar surface area (TPSA) is 69.6 Å². The molecule has 0 aromatic heterocycles. The van der Waals surface area contributed by atoms with Crippen LogP contribution in [0.25, 0.3) is 0 Å². The molecule has 116 valence electrons. The van der Waals surface area contributed by atoms with E-state index in [-0.39, 0.29) is 12.5 Å². The van der Waals surface area contributed by atoms with Gasteiger partial charge in [-0.1, -0.05) is 6.08 Å². The van der Waals surface area contributed by atoms with Gasteiger partial charge in [0.2, 0.25) is 5.91 Å². The Hall–Kier alpha value is -1.36. The molecule has 2 fully saturated rings. The van der Waals surface area contributed by atoms with Crippen LogP contribution in [0.15, 0.2) is 11.8 Å². The molecule has 0 bridgehead atoms. The summed E-state index contributed by atoms with van der Waals surface area (Å²) in [6.45, 7) is 0.139. The highest BCUT2D eigenvalue weighted by Crippen LogP contribution is 2.35. The second-order valence-corrected chi connectivity index (χ2v) is 6.53. The van der Waals surface area contributed by atoms with Gasteiger partial charge in [-0.2, -0.15) is 0 Å². The van der Waals surface area contributed by atoms with Gasteiger partial charge in [-0.3, -0.25) is 14.9 Å². The Morgan fingerprint density at radius 2 is 2.05 bits per heavy atom. The summed E-state index contributed by atoms with van der Waals surface area (Å²) >= 11 is 0. The Balaban J connectivity index is 1.62. The number of carbonyl (C=O) groups is 2. The zero-order valence-corrected chi connectivity index (χ0v) is 12.4. The maximum Gasteiger partial charge on any atom is 0.323 e. The van der Waals surface area contributed by atoms with Crippen molar-refractivity contribution >= 4 is 11.9 Å². The Kier molecular flexibility index (Phi) is 4.02. The van der Waals surface area contributed by atoms with Gasteiger partial charge in [-0.15, -0.1) is 0 Å². The molecule has 5 nitrogen and oxygen atoms in total. The van der Waals surface area contributed by atoms with Gasteiger partial charge >= 0.3 is 5.97 Å². The van der Waals surface area contributed by atoms with Crippen LogP contribution in [0.4, 0.5) is 0 Å². The zero-order chi connectivity index (χ0) is 14.9. The normalized spacial score (nSPS) is 23.9. The van der Waals surface area contributed by atoms with Gasteiger partial charge in [0.25, 0.3) is 0 Å². The quantitative estimate of drug-likeness (QED) is 0.786. The fourth-order valence-electron chi connectivity index (χ4n) is 3.30. The number of amides is 1. The third-order valence-corrected chi connectivity index (χ3v) is 4.95. The minimum absolute atomic E-state index is 0.0400. The number of allylic oxidation sites excluding steroid dienone is 2. The Morgan fingerprint density at radius 3 is 2.52 bits per heavy atom. The van der Waals surface area contributed by atoms with E-state index >= 15 is 0 Å². The van der Waals surface area contributed by atoms with Gasteiger partial charge in [0.15, 0.2) is 0 Å².